The number of hydroxylamine groups is 2. The van der Waals surface area contributed by atoms with Crippen LogP contribution in [-0.2, 0) is 24.2 Å². The van der Waals surface area contributed by atoms with E-state index in [0.29, 0.717) is 11.5 Å². The molecule has 12 heteroatoms. The van der Waals surface area contributed by atoms with Gasteiger partial charge >= 0.3 is 22.4 Å². The van der Waals surface area contributed by atoms with Crippen LogP contribution < -0.4 is 5.32 Å². The quantitative estimate of drug-likeness (QED) is 0.479. The Morgan fingerprint density at radius 1 is 1.35 bits per heavy atom. The van der Waals surface area contributed by atoms with Crippen LogP contribution in [0.25, 0.3) is 0 Å². The number of alkyl halides is 1. The zero-order valence-electron chi connectivity index (χ0n) is 11.9. The number of urea groups is 1. The molecule has 130 valence electrons. The molecule has 0 spiro atoms. The van der Waals surface area contributed by atoms with E-state index in [1.54, 1.807) is 0 Å². The van der Waals surface area contributed by atoms with E-state index in [1.165, 1.54) is 0 Å². The Balaban J connectivity index is 1.67. The van der Waals surface area contributed by atoms with Crippen molar-refractivity contribution in [2.45, 2.75) is 37.2 Å². The number of ether oxygens (including phenoxy) is 1. The highest BCUT2D eigenvalue weighted by Gasteiger charge is 2.50. The van der Waals surface area contributed by atoms with Crippen LogP contribution in [0.5, 0.6) is 0 Å². The van der Waals surface area contributed by atoms with Gasteiger partial charge in [-0.3, -0.25) is 4.55 Å². The molecule has 23 heavy (non-hydrogen) atoms. The second-order valence-corrected chi connectivity index (χ2v) is 6.66. The van der Waals surface area contributed by atoms with Gasteiger partial charge in [0.2, 0.25) is 0 Å². The van der Waals surface area contributed by atoms with Gasteiger partial charge in [0, 0.05) is 19.6 Å². The second-order valence-electron chi connectivity index (χ2n) is 5.66. The van der Waals surface area contributed by atoms with Gasteiger partial charge in [0.15, 0.2) is 6.17 Å². The standard InChI is InChI=1S/C11H16FN3O7S/c12-7-3-13-4-9(7)21-10(16)8-2-1-6-5-14(8)11(17)15(6)22-23(18,19)20/h6-9,13H,1-5H2,(H,18,19,20)/t6-,7-,8+,9+/m1/s1. The highest BCUT2D eigenvalue weighted by molar-refractivity contribution is 7.80. The van der Waals surface area contributed by atoms with Crippen LogP contribution in [0.3, 0.4) is 0 Å². The smallest absolute Gasteiger partial charge is 0.418 e. The summed E-state index contributed by atoms with van der Waals surface area (Å²) in [7, 11) is -4.84. The van der Waals surface area contributed by atoms with E-state index in [9.17, 15) is 22.4 Å². The fraction of sp³-hybridized carbons (Fsp3) is 0.818. The van der Waals surface area contributed by atoms with Crippen LogP contribution in [-0.4, -0.2) is 78.9 Å². The van der Waals surface area contributed by atoms with Gasteiger partial charge in [-0.2, -0.15) is 13.5 Å². The molecule has 3 heterocycles. The molecule has 0 aromatic rings. The first-order chi connectivity index (χ1) is 10.8. The summed E-state index contributed by atoms with van der Waals surface area (Å²) in [5, 5.41) is 3.29. The Morgan fingerprint density at radius 2 is 2.09 bits per heavy atom. The van der Waals surface area contributed by atoms with Crippen LogP contribution in [0.2, 0.25) is 0 Å². The van der Waals surface area contributed by atoms with Gasteiger partial charge in [0.1, 0.15) is 12.1 Å². The molecule has 2 N–H and O–H groups in total. The van der Waals surface area contributed by atoms with E-state index in [2.05, 4.69) is 9.60 Å². The topological polar surface area (TPSA) is 125 Å². The summed E-state index contributed by atoms with van der Waals surface area (Å²) in [6, 6.07) is -2.37. The van der Waals surface area contributed by atoms with Crippen molar-refractivity contribution in [2.75, 3.05) is 19.6 Å². The van der Waals surface area contributed by atoms with Gasteiger partial charge < -0.3 is 15.0 Å². The lowest BCUT2D eigenvalue weighted by atomic mass is 10.0. The van der Waals surface area contributed by atoms with Crippen molar-refractivity contribution in [3.8, 4) is 0 Å². The first-order valence-corrected chi connectivity index (χ1v) is 8.45. The molecule has 3 saturated heterocycles. The van der Waals surface area contributed by atoms with E-state index in [4.69, 9.17) is 9.29 Å². The monoisotopic (exact) mass is 353 g/mol. The molecular weight excluding hydrogens is 337 g/mol. The van der Waals surface area contributed by atoms with Crippen molar-refractivity contribution in [3.05, 3.63) is 0 Å². The van der Waals surface area contributed by atoms with E-state index in [1.807, 2.05) is 0 Å². The number of piperidine rings is 1. The summed E-state index contributed by atoms with van der Waals surface area (Å²) in [4.78, 5) is 25.4. The van der Waals surface area contributed by atoms with Gasteiger partial charge in [0.25, 0.3) is 0 Å². The van der Waals surface area contributed by atoms with Crippen molar-refractivity contribution in [1.29, 1.82) is 0 Å². The van der Waals surface area contributed by atoms with Crippen molar-refractivity contribution in [3.63, 3.8) is 0 Å². The lowest BCUT2D eigenvalue weighted by Gasteiger charge is -2.29. The Labute approximate surface area is 131 Å². The number of esters is 1. The number of nitrogens with zero attached hydrogens (tertiary/aromatic N) is 2. The number of halogens is 1. The average molecular weight is 353 g/mol. The minimum absolute atomic E-state index is 0.0656. The van der Waals surface area contributed by atoms with Gasteiger partial charge in [-0.05, 0) is 12.8 Å². The average Bonchev–Trinajstić information content (AvgIpc) is 2.96. The number of hydrogen-bond acceptors (Lipinski definition) is 7. The summed E-state index contributed by atoms with van der Waals surface area (Å²) in [5.74, 6) is -0.734. The number of fused-ring (bicyclic) bond motifs is 2. The molecule has 0 aromatic carbocycles. The first kappa shape index (κ1) is 16.4. The molecule has 0 aliphatic carbocycles. The van der Waals surface area contributed by atoms with E-state index in [0.717, 1.165) is 4.90 Å². The zero-order chi connectivity index (χ0) is 16.8. The molecule has 0 radical (unpaired) electrons. The molecule has 0 unspecified atom stereocenters. The minimum atomic E-state index is -4.84. The summed E-state index contributed by atoms with van der Waals surface area (Å²) >= 11 is 0. The maximum Gasteiger partial charge on any atom is 0.418 e. The van der Waals surface area contributed by atoms with Gasteiger partial charge in [-0.1, -0.05) is 0 Å². The van der Waals surface area contributed by atoms with Crippen LogP contribution in [0.15, 0.2) is 0 Å². The molecule has 10 nitrogen and oxygen atoms in total. The first-order valence-electron chi connectivity index (χ1n) is 7.08. The molecule has 0 aromatic heterocycles. The van der Waals surface area contributed by atoms with E-state index < -0.39 is 46.8 Å². The Hall–Kier alpha value is -1.50. The van der Waals surface area contributed by atoms with Gasteiger partial charge in [-0.15, -0.1) is 4.28 Å². The number of nitrogens with one attached hydrogen (secondary N) is 1. The molecule has 3 aliphatic rings. The largest absolute Gasteiger partial charge is 0.456 e. The van der Waals surface area contributed by atoms with Crippen LogP contribution in [0.4, 0.5) is 9.18 Å². The molecule has 3 fully saturated rings. The lowest BCUT2D eigenvalue weighted by Crippen LogP contribution is -2.47. The molecular formula is C11H16FN3O7S. The van der Waals surface area contributed by atoms with Gasteiger partial charge in [-0.25, -0.2) is 14.0 Å². The van der Waals surface area contributed by atoms with Crippen molar-refractivity contribution < 1.29 is 36.0 Å². The number of carbonyl (C=O) groups excluding carboxylic acids is 2. The van der Waals surface area contributed by atoms with Crippen LogP contribution in [0.1, 0.15) is 12.8 Å². The van der Waals surface area contributed by atoms with Crippen LogP contribution >= 0.6 is 0 Å². The molecule has 2 bridgehead atoms. The van der Waals surface area contributed by atoms with Crippen molar-refractivity contribution >= 4 is 22.4 Å². The molecule has 4 atom stereocenters. The third-order valence-electron chi connectivity index (χ3n) is 4.13. The summed E-state index contributed by atoms with van der Waals surface area (Å²) in [6.07, 6.45) is -1.68. The number of rotatable bonds is 4. The Kier molecular flexibility index (Phi) is 4.16. The molecule has 2 amide bonds. The third-order valence-corrected chi connectivity index (χ3v) is 4.47. The fourth-order valence-corrected chi connectivity index (χ4v) is 3.43. The highest BCUT2D eigenvalue weighted by atomic mass is 32.3. The Bertz CT molecular complexity index is 615. The number of hydrogen-bond donors (Lipinski definition) is 2. The minimum Gasteiger partial charge on any atom is -0.456 e. The maximum absolute atomic E-state index is 13.5. The summed E-state index contributed by atoms with van der Waals surface area (Å²) < 4.78 is 53.1. The predicted molar refractivity (Wildman–Crippen MR) is 71.0 cm³/mol. The SMILES string of the molecule is O=C(O[C@H]1CNC[C@H]1F)[C@@H]1CC[C@@H]2CN1C(=O)N2OS(=O)(=O)O. The van der Waals surface area contributed by atoms with Crippen molar-refractivity contribution in [1.82, 2.24) is 15.3 Å². The summed E-state index contributed by atoms with van der Waals surface area (Å²) in [6.45, 7) is 0.369. The van der Waals surface area contributed by atoms with E-state index >= 15 is 0 Å². The second kappa shape index (κ2) is 5.85. The molecule has 3 rings (SSSR count). The highest BCUT2D eigenvalue weighted by Crippen LogP contribution is 2.31. The van der Waals surface area contributed by atoms with Crippen LogP contribution in [0, 0.1) is 0 Å². The maximum atomic E-state index is 13.5. The fourth-order valence-electron chi connectivity index (χ4n) is 3.04. The van der Waals surface area contributed by atoms with Gasteiger partial charge in [0.05, 0.1) is 6.04 Å². The number of amides is 2. The molecule has 3 aliphatic heterocycles. The predicted octanol–water partition coefficient (Wildman–Crippen LogP) is -1.16. The zero-order valence-corrected chi connectivity index (χ0v) is 12.7. The normalized spacial score (nSPS) is 34.1. The number of carbonyl (C=O) groups is 2. The van der Waals surface area contributed by atoms with E-state index in [-0.39, 0.29) is 26.1 Å². The Morgan fingerprint density at radius 3 is 2.70 bits per heavy atom. The van der Waals surface area contributed by atoms with Crippen molar-refractivity contribution in [2.24, 2.45) is 0 Å². The third kappa shape index (κ3) is 3.24. The summed E-state index contributed by atoms with van der Waals surface area (Å²) in [5.41, 5.74) is 0. The lowest BCUT2D eigenvalue weighted by molar-refractivity contribution is -0.156. The molecule has 0 saturated carbocycles.